The third-order valence-electron chi connectivity index (χ3n) is 3.63. The Bertz CT molecular complexity index is 710. The summed E-state index contributed by atoms with van der Waals surface area (Å²) in [7, 11) is 1.61. The SMILES string of the molecule is CCCOc1ccc(CNC(=O)c2ccc(OC(C)C)cc2)cc1OC. The average molecular weight is 357 g/mol. The average Bonchev–Trinajstić information content (AvgIpc) is 2.64. The number of amides is 1. The van der Waals surface area contributed by atoms with Gasteiger partial charge in [0.15, 0.2) is 11.5 Å². The lowest BCUT2D eigenvalue weighted by molar-refractivity contribution is 0.0951. The first-order valence-electron chi connectivity index (χ1n) is 8.88. The molecule has 1 N–H and O–H groups in total. The second-order valence-electron chi connectivity index (χ2n) is 6.21. The summed E-state index contributed by atoms with van der Waals surface area (Å²) in [6.45, 7) is 7.04. The van der Waals surface area contributed by atoms with E-state index in [1.807, 2.05) is 32.0 Å². The van der Waals surface area contributed by atoms with Crippen molar-refractivity contribution in [2.75, 3.05) is 13.7 Å². The van der Waals surface area contributed by atoms with Gasteiger partial charge in [0.25, 0.3) is 5.91 Å². The third-order valence-corrected chi connectivity index (χ3v) is 3.63. The van der Waals surface area contributed by atoms with Crippen molar-refractivity contribution in [2.45, 2.75) is 39.8 Å². The zero-order valence-corrected chi connectivity index (χ0v) is 15.9. The van der Waals surface area contributed by atoms with E-state index in [-0.39, 0.29) is 12.0 Å². The molecule has 0 spiro atoms. The van der Waals surface area contributed by atoms with Crippen LogP contribution in [-0.2, 0) is 6.54 Å². The maximum absolute atomic E-state index is 12.3. The van der Waals surface area contributed by atoms with Gasteiger partial charge in [0.1, 0.15) is 5.75 Å². The molecule has 0 aliphatic rings. The number of ether oxygens (including phenoxy) is 3. The summed E-state index contributed by atoms with van der Waals surface area (Å²) in [5, 5.41) is 2.91. The molecule has 140 valence electrons. The number of hydrogen-bond donors (Lipinski definition) is 1. The lowest BCUT2D eigenvalue weighted by Gasteiger charge is -2.12. The zero-order valence-electron chi connectivity index (χ0n) is 15.9. The van der Waals surface area contributed by atoms with Crippen LogP contribution in [0.25, 0.3) is 0 Å². The zero-order chi connectivity index (χ0) is 18.9. The lowest BCUT2D eigenvalue weighted by Crippen LogP contribution is -2.22. The number of benzene rings is 2. The van der Waals surface area contributed by atoms with Crippen LogP contribution in [-0.4, -0.2) is 25.7 Å². The van der Waals surface area contributed by atoms with Gasteiger partial charge in [0.2, 0.25) is 0 Å². The summed E-state index contributed by atoms with van der Waals surface area (Å²) < 4.78 is 16.6. The van der Waals surface area contributed by atoms with E-state index in [1.165, 1.54) is 0 Å². The number of carbonyl (C=O) groups excluding carboxylic acids is 1. The molecule has 2 aromatic carbocycles. The smallest absolute Gasteiger partial charge is 0.251 e. The van der Waals surface area contributed by atoms with E-state index in [4.69, 9.17) is 14.2 Å². The van der Waals surface area contributed by atoms with Crippen molar-refractivity contribution >= 4 is 5.91 Å². The van der Waals surface area contributed by atoms with Gasteiger partial charge in [0.05, 0.1) is 19.8 Å². The molecule has 0 heterocycles. The van der Waals surface area contributed by atoms with Gasteiger partial charge in [-0.15, -0.1) is 0 Å². The van der Waals surface area contributed by atoms with Crippen molar-refractivity contribution in [3.05, 3.63) is 53.6 Å². The van der Waals surface area contributed by atoms with Crippen LogP contribution in [0.5, 0.6) is 17.2 Å². The predicted octanol–water partition coefficient (Wildman–Crippen LogP) is 4.20. The first-order chi connectivity index (χ1) is 12.5. The van der Waals surface area contributed by atoms with Gasteiger partial charge >= 0.3 is 0 Å². The quantitative estimate of drug-likeness (QED) is 0.731. The molecule has 0 aromatic heterocycles. The number of methoxy groups -OCH3 is 1. The molecule has 26 heavy (non-hydrogen) atoms. The highest BCUT2D eigenvalue weighted by atomic mass is 16.5. The predicted molar refractivity (Wildman–Crippen MR) is 102 cm³/mol. The van der Waals surface area contributed by atoms with Gasteiger partial charge < -0.3 is 19.5 Å². The number of hydrogen-bond acceptors (Lipinski definition) is 4. The summed E-state index contributed by atoms with van der Waals surface area (Å²) in [5.74, 6) is 2.00. The van der Waals surface area contributed by atoms with Gasteiger partial charge in [0, 0.05) is 12.1 Å². The Morgan fingerprint density at radius 1 is 1.08 bits per heavy atom. The monoisotopic (exact) mass is 357 g/mol. The molecule has 0 saturated heterocycles. The molecule has 0 aliphatic heterocycles. The summed E-state index contributed by atoms with van der Waals surface area (Å²) in [4.78, 5) is 12.3. The largest absolute Gasteiger partial charge is 0.493 e. The van der Waals surface area contributed by atoms with Gasteiger partial charge in [-0.2, -0.15) is 0 Å². The molecular formula is C21H27NO4. The number of rotatable bonds is 9. The Morgan fingerprint density at radius 3 is 2.42 bits per heavy atom. The number of carbonyl (C=O) groups is 1. The van der Waals surface area contributed by atoms with Crippen LogP contribution >= 0.6 is 0 Å². The van der Waals surface area contributed by atoms with E-state index in [9.17, 15) is 4.79 Å². The lowest BCUT2D eigenvalue weighted by atomic mass is 10.1. The van der Waals surface area contributed by atoms with Gasteiger partial charge in [-0.05, 0) is 62.2 Å². The van der Waals surface area contributed by atoms with Crippen molar-refractivity contribution < 1.29 is 19.0 Å². The van der Waals surface area contributed by atoms with Crippen molar-refractivity contribution in [3.8, 4) is 17.2 Å². The Balaban J connectivity index is 1.96. The highest BCUT2D eigenvalue weighted by Crippen LogP contribution is 2.28. The van der Waals surface area contributed by atoms with E-state index in [0.29, 0.717) is 30.2 Å². The normalized spacial score (nSPS) is 10.5. The van der Waals surface area contributed by atoms with E-state index in [0.717, 1.165) is 17.7 Å². The summed E-state index contributed by atoms with van der Waals surface area (Å²) >= 11 is 0. The van der Waals surface area contributed by atoms with E-state index < -0.39 is 0 Å². The van der Waals surface area contributed by atoms with E-state index >= 15 is 0 Å². The Kier molecular flexibility index (Phi) is 7.33. The van der Waals surface area contributed by atoms with Crippen LogP contribution in [0.15, 0.2) is 42.5 Å². The minimum Gasteiger partial charge on any atom is -0.493 e. The molecule has 1 amide bonds. The fraction of sp³-hybridized carbons (Fsp3) is 0.381. The number of nitrogens with one attached hydrogen (secondary N) is 1. The van der Waals surface area contributed by atoms with Crippen molar-refractivity contribution in [2.24, 2.45) is 0 Å². The first kappa shape index (κ1) is 19.6. The highest BCUT2D eigenvalue weighted by molar-refractivity contribution is 5.94. The summed E-state index contributed by atoms with van der Waals surface area (Å²) in [6.07, 6.45) is 1.04. The molecule has 0 bridgehead atoms. The van der Waals surface area contributed by atoms with Gasteiger partial charge in [-0.25, -0.2) is 0 Å². The molecule has 2 rings (SSSR count). The van der Waals surface area contributed by atoms with E-state index in [1.54, 1.807) is 31.4 Å². The molecular weight excluding hydrogens is 330 g/mol. The highest BCUT2D eigenvalue weighted by Gasteiger charge is 2.09. The Hall–Kier alpha value is -2.69. The summed E-state index contributed by atoms with van der Waals surface area (Å²) in [5.41, 5.74) is 1.54. The molecule has 0 atom stereocenters. The van der Waals surface area contributed by atoms with Crippen molar-refractivity contribution in [1.29, 1.82) is 0 Å². The molecule has 0 fully saturated rings. The fourth-order valence-corrected chi connectivity index (χ4v) is 2.39. The fourth-order valence-electron chi connectivity index (χ4n) is 2.39. The van der Waals surface area contributed by atoms with Crippen LogP contribution in [0.3, 0.4) is 0 Å². The second-order valence-corrected chi connectivity index (χ2v) is 6.21. The topological polar surface area (TPSA) is 56.8 Å². The van der Waals surface area contributed by atoms with Crippen LogP contribution in [0.2, 0.25) is 0 Å². The molecule has 0 aliphatic carbocycles. The standard InChI is InChI=1S/C21H27NO4/c1-5-12-25-19-11-6-16(13-20(19)24-4)14-22-21(23)17-7-9-18(10-8-17)26-15(2)3/h6-11,13,15H,5,12,14H2,1-4H3,(H,22,23). The Morgan fingerprint density at radius 2 is 1.81 bits per heavy atom. The van der Waals surface area contributed by atoms with E-state index in [2.05, 4.69) is 12.2 Å². The first-order valence-corrected chi connectivity index (χ1v) is 8.88. The molecule has 0 unspecified atom stereocenters. The maximum atomic E-state index is 12.3. The summed E-state index contributed by atoms with van der Waals surface area (Å²) in [6, 6.07) is 12.8. The maximum Gasteiger partial charge on any atom is 0.251 e. The molecule has 0 radical (unpaired) electrons. The van der Waals surface area contributed by atoms with Crippen LogP contribution in [0.1, 0.15) is 43.1 Å². The van der Waals surface area contributed by atoms with Crippen LogP contribution in [0, 0.1) is 0 Å². The van der Waals surface area contributed by atoms with Gasteiger partial charge in [-0.3, -0.25) is 4.79 Å². The third kappa shape index (κ3) is 5.69. The molecule has 5 nitrogen and oxygen atoms in total. The van der Waals surface area contributed by atoms with Crippen molar-refractivity contribution in [1.82, 2.24) is 5.32 Å². The van der Waals surface area contributed by atoms with Crippen LogP contribution in [0.4, 0.5) is 0 Å². The minimum absolute atomic E-state index is 0.105. The van der Waals surface area contributed by atoms with Gasteiger partial charge in [-0.1, -0.05) is 13.0 Å². The minimum atomic E-state index is -0.133. The molecule has 5 heteroatoms. The molecule has 0 saturated carbocycles. The second kappa shape index (κ2) is 9.70. The van der Waals surface area contributed by atoms with Crippen LogP contribution < -0.4 is 19.5 Å². The van der Waals surface area contributed by atoms with Crippen molar-refractivity contribution in [3.63, 3.8) is 0 Å². The Labute approximate surface area is 155 Å². The molecule has 2 aromatic rings.